The van der Waals surface area contributed by atoms with E-state index in [1.165, 1.54) is 0 Å². The van der Waals surface area contributed by atoms with Gasteiger partial charge in [-0.3, -0.25) is 4.79 Å². The SMILES string of the molecule is COC1=CC=C2C(=CC1)[C@@H](NC(C)=O)CCc1cc(OC)c(OC)c(OC)c12. The molecule has 3 rings (SSSR count). The molecule has 0 aromatic heterocycles. The first-order valence-corrected chi connectivity index (χ1v) is 9.28. The fourth-order valence-corrected chi connectivity index (χ4v) is 3.92. The molecule has 1 aromatic carbocycles. The topological polar surface area (TPSA) is 66.0 Å². The summed E-state index contributed by atoms with van der Waals surface area (Å²) in [6, 6.07) is 1.90. The van der Waals surface area contributed by atoms with E-state index in [2.05, 4.69) is 11.4 Å². The molecule has 1 aromatic rings. The molecule has 6 heteroatoms. The van der Waals surface area contributed by atoms with E-state index < -0.39 is 0 Å². The van der Waals surface area contributed by atoms with Crippen molar-refractivity contribution in [2.24, 2.45) is 0 Å². The van der Waals surface area contributed by atoms with Crippen LogP contribution in [0.1, 0.15) is 30.9 Å². The number of carbonyl (C=O) groups is 1. The van der Waals surface area contributed by atoms with Crippen molar-refractivity contribution in [3.8, 4) is 17.2 Å². The van der Waals surface area contributed by atoms with Crippen LogP contribution < -0.4 is 19.5 Å². The second kappa shape index (κ2) is 8.42. The number of aryl methyl sites for hydroxylation is 1. The average Bonchev–Trinajstić information content (AvgIpc) is 2.98. The van der Waals surface area contributed by atoms with Gasteiger partial charge in [-0.1, -0.05) is 12.2 Å². The Bertz CT molecular complexity index is 866. The first-order valence-electron chi connectivity index (χ1n) is 9.28. The molecule has 1 N–H and O–H groups in total. The van der Waals surface area contributed by atoms with Gasteiger partial charge in [-0.15, -0.1) is 0 Å². The van der Waals surface area contributed by atoms with E-state index in [1.807, 2.05) is 18.2 Å². The number of rotatable bonds is 5. The summed E-state index contributed by atoms with van der Waals surface area (Å²) in [5.41, 5.74) is 4.11. The van der Waals surface area contributed by atoms with E-state index in [1.54, 1.807) is 35.4 Å². The maximum atomic E-state index is 11.8. The second-order valence-electron chi connectivity index (χ2n) is 6.75. The first kappa shape index (κ1) is 19.9. The highest BCUT2D eigenvalue weighted by Gasteiger charge is 2.31. The molecule has 28 heavy (non-hydrogen) atoms. The predicted octanol–water partition coefficient (Wildman–Crippen LogP) is 3.41. The summed E-state index contributed by atoms with van der Waals surface area (Å²) in [5.74, 6) is 2.62. The van der Waals surface area contributed by atoms with Crippen LogP contribution in [-0.2, 0) is 16.0 Å². The van der Waals surface area contributed by atoms with Crippen LogP contribution in [0.25, 0.3) is 5.57 Å². The molecule has 0 unspecified atom stereocenters. The summed E-state index contributed by atoms with van der Waals surface area (Å²) in [4.78, 5) is 11.8. The number of ether oxygens (including phenoxy) is 4. The summed E-state index contributed by atoms with van der Waals surface area (Å²) < 4.78 is 22.4. The van der Waals surface area contributed by atoms with Crippen LogP contribution in [-0.4, -0.2) is 40.4 Å². The molecule has 6 nitrogen and oxygen atoms in total. The zero-order chi connectivity index (χ0) is 20.3. The first-order chi connectivity index (χ1) is 13.5. The van der Waals surface area contributed by atoms with Gasteiger partial charge in [0.15, 0.2) is 11.5 Å². The monoisotopic (exact) mass is 385 g/mol. The average molecular weight is 385 g/mol. The lowest BCUT2D eigenvalue weighted by Gasteiger charge is -2.22. The Morgan fingerprint density at radius 3 is 2.39 bits per heavy atom. The van der Waals surface area contributed by atoms with Gasteiger partial charge in [0.1, 0.15) is 0 Å². The predicted molar refractivity (Wildman–Crippen MR) is 108 cm³/mol. The third kappa shape index (κ3) is 3.59. The highest BCUT2D eigenvalue weighted by atomic mass is 16.5. The van der Waals surface area contributed by atoms with Crippen molar-refractivity contribution in [2.75, 3.05) is 28.4 Å². The van der Waals surface area contributed by atoms with E-state index in [0.717, 1.165) is 40.9 Å². The van der Waals surface area contributed by atoms with Gasteiger partial charge in [-0.05, 0) is 41.7 Å². The third-order valence-electron chi connectivity index (χ3n) is 5.17. The van der Waals surface area contributed by atoms with E-state index >= 15 is 0 Å². The van der Waals surface area contributed by atoms with Gasteiger partial charge < -0.3 is 24.3 Å². The minimum atomic E-state index is -0.0950. The Morgan fingerprint density at radius 1 is 1.04 bits per heavy atom. The fraction of sp³-hybridized carbons (Fsp3) is 0.409. The highest BCUT2D eigenvalue weighted by molar-refractivity contribution is 5.90. The van der Waals surface area contributed by atoms with Crippen LogP contribution in [0.3, 0.4) is 0 Å². The van der Waals surface area contributed by atoms with E-state index in [4.69, 9.17) is 18.9 Å². The number of hydrogen-bond donors (Lipinski definition) is 1. The largest absolute Gasteiger partial charge is 0.501 e. The summed E-state index contributed by atoms with van der Waals surface area (Å²) >= 11 is 0. The standard InChI is InChI=1S/C22H27NO5/c1-13(24)23-18-11-6-14-12-19(26-3)21(27-4)22(28-5)20(14)17-10-8-15(25-2)7-9-16(17)18/h8-10,12,18H,6-7,11H2,1-5H3,(H,23,24)/t18-/m0/s1. The minimum Gasteiger partial charge on any atom is -0.501 e. The zero-order valence-electron chi connectivity index (χ0n) is 17.0. The molecule has 1 amide bonds. The maximum Gasteiger partial charge on any atom is 0.217 e. The maximum absolute atomic E-state index is 11.8. The van der Waals surface area contributed by atoms with Crippen molar-refractivity contribution >= 4 is 11.5 Å². The summed E-state index contributed by atoms with van der Waals surface area (Å²) in [6.45, 7) is 1.55. The molecule has 0 bridgehead atoms. The Hall–Kier alpha value is -2.89. The lowest BCUT2D eigenvalue weighted by Crippen LogP contribution is -2.34. The molecule has 0 spiro atoms. The number of hydrogen-bond acceptors (Lipinski definition) is 5. The van der Waals surface area contributed by atoms with Crippen LogP contribution in [0.15, 0.2) is 35.6 Å². The molecular weight excluding hydrogens is 358 g/mol. The lowest BCUT2D eigenvalue weighted by molar-refractivity contribution is -0.119. The highest BCUT2D eigenvalue weighted by Crippen LogP contribution is 2.49. The molecule has 2 aliphatic carbocycles. The van der Waals surface area contributed by atoms with Gasteiger partial charge >= 0.3 is 0 Å². The lowest BCUT2D eigenvalue weighted by atomic mass is 9.91. The number of amides is 1. The van der Waals surface area contributed by atoms with Gasteiger partial charge in [0.05, 0.1) is 40.2 Å². The Balaban J connectivity index is 2.27. The molecule has 0 saturated heterocycles. The van der Waals surface area contributed by atoms with E-state index in [0.29, 0.717) is 23.7 Å². The molecule has 0 heterocycles. The number of carbonyl (C=O) groups excluding carboxylic acids is 1. The van der Waals surface area contributed by atoms with Crippen LogP contribution in [0.5, 0.6) is 17.2 Å². The van der Waals surface area contributed by atoms with Crippen molar-refractivity contribution < 1.29 is 23.7 Å². The second-order valence-corrected chi connectivity index (χ2v) is 6.75. The van der Waals surface area contributed by atoms with Crippen LogP contribution in [0.4, 0.5) is 0 Å². The summed E-state index contributed by atoms with van der Waals surface area (Å²) in [5, 5.41) is 3.10. The van der Waals surface area contributed by atoms with Crippen molar-refractivity contribution in [2.45, 2.75) is 32.2 Å². The van der Waals surface area contributed by atoms with Crippen molar-refractivity contribution in [3.05, 3.63) is 46.8 Å². The van der Waals surface area contributed by atoms with E-state index in [9.17, 15) is 4.79 Å². The molecule has 0 aliphatic heterocycles. The molecule has 1 atom stereocenters. The molecular formula is C22H27NO5. The number of allylic oxidation sites excluding steroid dienone is 3. The van der Waals surface area contributed by atoms with Crippen molar-refractivity contribution in [3.63, 3.8) is 0 Å². The van der Waals surface area contributed by atoms with Crippen molar-refractivity contribution in [1.29, 1.82) is 0 Å². The van der Waals surface area contributed by atoms with Gasteiger partial charge in [-0.25, -0.2) is 0 Å². The van der Waals surface area contributed by atoms with Crippen LogP contribution in [0, 0.1) is 0 Å². The Morgan fingerprint density at radius 2 is 1.79 bits per heavy atom. The van der Waals surface area contributed by atoms with Gasteiger partial charge in [0, 0.05) is 18.9 Å². The molecule has 2 aliphatic rings. The normalized spacial score (nSPS) is 18.2. The fourth-order valence-electron chi connectivity index (χ4n) is 3.92. The quantitative estimate of drug-likeness (QED) is 0.841. The molecule has 0 saturated carbocycles. The smallest absolute Gasteiger partial charge is 0.217 e. The Labute approximate surface area is 165 Å². The summed E-state index contributed by atoms with van der Waals surface area (Å²) in [6.07, 6.45) is 8.33. The number of methoxy groups -OCH3 is 4. The number of benzene rings is 1. The number of nitrogens with one attached hydrogen (secondary N) is 1. The minimum absolute atomic E-state index is 0.0532. The van der Waals surface area contributed by atoms with Crippen LogP contribution >= 0.6 is 0 Å². The van der Waals surface area contributed by atoms with E-state index in [-0.39, 0.29) is 11.9 Å². The Kier molecular flexibility index (Phi) is 5.97. The van der Waals surface area contributed by atoms with Crippen LogP contribution in [0.2, 0.25) is 0 Å². The zero-order valence-corrected chi connectivity index (χ0v) is 17.0. The van der Waals surface area contributed by atoms with Crippen molar-refractivity contribution in [1.82, 2.24) is 5.32 Å². The van der Waals surface area contributed by atoms with Gasteiger partial charge in [-0.2, -0.15) is 0 Å². The molecule has 0 radical (unpaired) electrons. The summed E-state index contributed by atoms with van der Waals surface area (Å²) in [7, 11) is 6.51. The van der Waals surface area contributed by atoms with Gasteiger partial charge in [0.25, 0.3) is 0 Å². The van der Waals surface area contributed by atoms with Gasteiger partial charge in [0.2, 0.25) is 11.7 Å². The molecule has 150 valence electrons. The number of fused-ring (bicyclic) bond motifs is 3. The molecule has 0 fully saturated rings. The third-order valence-corrected chi connectivity index (χ3v) is 5.17.